The fraction of sp³-hybridized carbons (Fsp3) is 0.176. The van der Waals surface area contributed by atoms with Crippen LogP contribution in [0.1, 0.15) is 27.0 Å². The molecule has 0 atom stereocenters. The van der Waals surface area contributed by atoms with Crippen molar-refractivity contribution in [3.05, 3.63) is 58.7 Å². The maximum absolute atomic E-state index is 12.3. The van der Waals surface area contributed by atoms with Gasteiger partial charge in [0.05, 0.1) is 24.4 Å². The Morgan fingerprint density at radius 2 is 1.90 bits per heavy atom. The first kappa shape index (κ1) is 14.6. The minimum atomic E-state index is -0.207. The third kappa shape index (κ3) is 3.21. The Hall–Kier alpha value is -2.80. The first-order valence-corrected chi connectivity index (χ1v) is 6.52. The highest BCUT2D eigenvalue weighted by Gasteiger charge is 2.11. The van der Waals surface area contributed by atoms with Crippen molar-refractivity contribution in [1.82, 2.24) is 0 Å². The van der Waals surface area contributed by atoms with E-state index in [0.29, 0.717) is 22.6 Å². The Kier molecular flexibility index (Phi) is 4.24. The second-order valence-electron chi connectivity index (χ2n) is 4.78. The summed E-state index contributed by atoms with van der Waals surface area (Å²) in [5.74, 6) is 0.257. The number of carbonyl (C=O) groups is 1. The molecule has 0 aliphatic carbocycles. The lowest BCUT2D eigenvalue weighted by Gasteiger charge is -2.11. The second-order valence-corrected chi connectivity index (χ2v) is 4.78. The molecule has 4 heteroatoms. The molecular weight excluding hydrogens is 264 g/mol. The zero-order chi connectivity index (χ0) is 15.4. The lowest BCUT2D eigenvalue weighted by Crippen LogP contribution is -2.13. The highest BCUT2D eigenvalue weighted by Crippen LogP contribution is 2.26. The highest BCUT2D eigenvalue weighted by atomic mass is 16.5. The smallest absolute Gasteiger partial charge is 0.255 e. The number of benzene rings is 2. The van der Waals surface area contributed by atoms with Crippen molar-refractivity contribution in [3.8, 4) is 11.8 Å². The molecule has 1 amide bonds. The van der Waals surface area contributed by atoms with E-state index in [9.17, 15) is 4.79 Å². The van der Waals surface area contributed by atoms with Crippen LogP contribution in [-0.2, 0) is 0 Å². The zero-order valence-electron chi connectivity index (χ0n) is 12.2. The van der Waals surface area contributed by atoms with Crippen LogP contribution in [0.2, 0.25) is 0 Å². The number of aryl methyl sites for hydroxylation is 2. The summed E-state index contributed by atoms with van der Waals surface area (Å²) in [7, 11) is 1.50. The molecule has 0 radical (unpaired) electrons. The van der Waals surface area contributed by atoms with Gasteiger partial charge in [-0.3, -0.25) is 4.79 Å². The first-order valence-electron chi connectivity index (χ1n) is 6.52. The van der Waals surface area contributed by atoms with E-state index in [0.717, 1.165) is 11.1 Å². The molecule has 0 unspecified atom stereocenters. The van der Waals surface area contributed by atoms with Gasteiger partial charge < -0.3 is 10.1 Å². The molecule has 106 valence electrons. The summed E-state index contributed by atoms with van der Waals surface area (Å²) in [6, 6.07) is 12.5. The standard InChI is InChI=1S/C17H16N2O2/c1-11-4-6-14(8-12(11)2)17(20)19-15-7-5-13(10-18)9-16(15)21-3/h4-9H,1-3H3,(H,19,20). The molecule has 0 spiro atoms. The van der Waals surface area contributed by atoms with E-state index >= 15 is 0 Å². The monoisotopic (exact) mass is 280 g/mol. The van der Waals surface area contributed by atoms with E-state index in [-0.39, 0.29) is 5.91 Å². The fourth-order valence-electron chi connectivity index (χ4n) is 1.94. The van der Waals surface area contributed by atoms with Crippen LogP contribution in [0.15, 0.2) is 36.4 Å². The number of hydrogen-bond donors (Lipinski definition) is 1. The lowest BCUT2D eigenvalue weighted by molar-refractivity contribution is 0.102. The third-order valence-electron chi connectivity index (χ3n) is 3.35. The van der Waals surface area contributed by atoms with Gasteiger partial charge in [-0.25, -0.2) is 0 Å². The molecule has 0 aliphatic rings. The van der Waals surface area contributed by atoms with Crippen LogP contribution in [0.4, 0.5) is 5.69 Å². The number of ether oxygens (including phenoxy) is 1. The fourth-order valence-corrected chi connectivity index (χ4v) is 1.94. The molecule has 2 aromatic rings. The van der Waals surface area contributed by atoms with E-state index in [1.165, 1.54) is 7.11 Å². The summed E-state index contributed by atoms with van der Waals surface area (Å²) < 4.78 is 5.20. The summed E-state index contributed by atoms with van der Waals surface area (Å²) in [5, 5.41) is 11.7. The SMILES string of the molecule is COc1cc(C#N)ccc1NC(=O)c1ccc(C)c(C)c1. The number of amides is 1. The van der Waals surface area contributed by atoms with Gasteiger partial charge in [-0.05, 0) is 49.2 Å². The van der Waals surface area contributed by atoms with Crippen LogP contribution in [0.5, 0.6) is 5.75 Å². The van der Waals surface area contributed by atoms with Crippen molar-refractivity contribution >= 4 is 11.6 Å². The van der Waals surface area contributed by atoms with Gasteiger partial charge in [0.2, 0.25) is 0 Å². The molecule has 0 heterocycles. The van der Waals surface area contributed by atoms with Gasteiger partial charge in [-0.1, -0.05) is 6.07 Å². The molecule has 2 rings (SSSR count). The molecule has 0 saturated heterocycles. The number of hydrogen-bond acceptors (Lipinski definition) is 3. The lowest BCUT2D eigenvalue weighted by atomic mass is 10.1. The topological polar surface area (TPSA) is 62.1 Å². The number of rotatable bonds is 3. The van der Waals surface area contributed by atoms with Gasteiger partial charge in [-0.2, -0.15) is 5.26 Å². The van der Waals surface area contributed by atoms with Crippen molar-refractivity contribution in [2.24, 2.45) is 0 Å². The summed E-state index contributed by atoms with van der Waals surface area (Å²) in [6.45, 7) is 3.97. The Morgan fingerprint density at radius 1 is 1.14 bits per heavy atom. The molecule has 0 aliphatic heterocycles. The van der Waals surface area contributed by atoms with Gasteiger partial charge in [0.1, 0.15) is 5.75 Å². The van der Waals surface area contributed by atoms with Crippen molar-refractivity contribution in [1.29, 1.82) is 5.26 Å². The summed E-state index contributed by atoms with van der Waals surface area (Å²) >= 11 is 0. The normalized spacial score (nSPS) is 9.81. The van der Waals surface area contributed by atoms with Crippen molar-refractivity contribution in [2.45, 2.75) is 13.8 Å². The quantitative estimate of drug-likeness (QED) is 0.936. The predicted molar refractivity (Wildman–Crippen MR) is 81.6 cm³/mol. The first-order chi connectivity index (χ1) is 10.0. The number of nitriles is 1. The molecule has 4 nitrogen and oxygen atoms in total. The number of anilines is 1. The number of methoxy groups -OCH3 is 1. The van der Waals surface area contributed by atoms with Crippen LogP contribution in [-0.4, -0.2) is 13.0 Å². The Labute approximate surface area is 124 Å². The van der Waals surface area contributed by atoms with E-state index < -0.39 is 0 Å². The van der Waals surface area contributed by atoms with Gasteiger partial charge in [-0.15, -0.1) is 0 Å². The Morgan fingerprint density at radius 3 is 2.52 bits per heavy atom. The minimum Gasteiger partial charge on any atom is -0.495 e. The van der Waals surface area contributed by atoms with Gasteiger partial charge in [0.15, 0.2) is 0 Å². The Balaban J connectivity index is 2.27. The van der Waals surface area contributed by atoms with Gasteiger partial charge in [0, 0.05) is 11.6 Å². The van der Waals surface area contributed by atoms with Crippen LogP contribution < -0.4 is 10.1 Å². The number of nitrogens with one attached hydrogen (secondary N) is 1. The van der Waals surface area contributed by atoms with Crippen molar-refractivity contribution in [2.75, 3.05) is 12.4 Å². The second kappa shape index (κ2) is 6.10. The molecular formula is C17H16N2O2. The average Bonchev–Trinajstić information content (AvgIpc) is 2.50. The van der Waals surface area contributed by atoms with Crippen molar-refractivity contribution < 1.29 is 9.53 Å². The maximum Gasteiger partial charge on any atom is 0.255 e. The minimum absolute atomic E-state index is 0.207. The van der Waals surface area contributed by atoms with Crippen molar-refractivity contribution in [3.63, 3.8) is 0 Å². The number of carbonyl (C=O) groups excluding carboxylic acids is 1. The summed E-state index contributed by atoms with van der Waals surface area (Å²) in [5.41, 5.74) is 3.82. The van der Waals surface area contributed by atoms with Crippen LogP contribution in [0.25, 0.3) is 0 Å². The molecule has 0 bridgehead atoms. The van der Waals surface area contributed by atoms with Crippen LogP contribution >= 0.6 is 0 Å². The molecule has 1 N–H and O–H groups in total. The third-order valence-corrected chi connectivity index (χ3v) is 3.35. The molecule has 0 aromatic heterocycles. The molecule has 21 heavy (non-hydrogen) atoms. The predicted octanol–water partition coefficient (Wildman–Crippen LogP) is 3.44. The van der Waals surface area contributed by atoms with E-state index in [2.05, 4.69) is 5.32 Å². The van der Waals surface area contributed by atoms with Crippen LogP contribution in [0, 0.1) is 25.2 Å². The molecule has 0 saturated carbocycles. The molecule has 0 fully saturated rings. The highest BCUT2D eigenvalue weighted by molar-refractivity contribution is 6.05. The summed E-state index contributed by atoms with van der Waals surface area (Å²) in [6.07, 6.45) is 0. The van der Waals surface area contributed by atoms with E-state index in [1.807, 2.05) is 32.0 Å². The molecule has 2 aromatic carbocycles. The van der Waals surface area contributed by atoms with Gasteiger partial charge >= 0.3 is 0 Å². The zero-order valence-corrected chi connectivity index (χ0v) is 12.2. The van der Waals surface area contributed by atoms with E-state index in [1.54, 1.807) is 24.3 Å². The summed E-state index contributed by atoms with van der Waals surface area (Å²) in [4.78, 5) is 12.3. The van der Waals surface area contributed by atoms with Gasteiger partial charge in [0.25, 0.3) is 5.91 Å². The maximum atomic E-state index is 12.3. The van der Waals surface area contributed by atoms with E-state index in [4.69, 9.17) is 10.00 Å². The Bertz CT molecular complexity index is 730. The average molecular weight is 280 g/mol. The number of nitrogens with zero attached hydrogens (tertiary/aromatic N) is 1. The van der Waals surface area contributed by atoms with Crippen LogP contribution in [0.3, 0.4) is 0 Å². The largest absolute Gasteiger partial charge is 0.495 e.